The van der Waals surface area contributed by atoms with Crippen LogP contribution in [0.2, 0.25) is 0 Å². The van der Waals surface area contributed by atoms with Crippen LogP contribution in [0.3, 0.4) is 0 Å². The van der Waals surface area contributed by atoms with Gasteiger partial charge >= 0.3 is 0 Å². The van der Waals surface area contributed by atoms with E-state index < -0.39 is 11.7 Å². The molecule has 0 saturated heterocycles. The highest BCUT2D eigenvalue weighted by Gasteiger charge is 2.16. The van der Waals surface area contributed by atoms with Crippen molar-refractivity contribution in [2.75, 3.05) is 5.32 Å². The third-order valence-electron chi connectivity index (χ3n) is 3.12. The van der Waals surface area contributed by atoms with Crippen LogP contribution >= 0.6 is 11.3 Å². The van der Waals surface area contributed by atoms with Crippen LogP contribution in [0, 0.1) is 5.82 Å². The molecule has 23 heavy (non-hydrogen) atoms. The second-order valence-corrected chi connectivity index (χ2v) is 6.21. The molecule has 7 heteroatoms. The molecule has 0 fully saturated rings. The Labute approximate surface area is 136 Å². The lowest BCUT2D eigenvalue weighted by Gasteiger charge is -1.99. The van der Waals surface area contributed by atoms with Crippen LogP contribution in [0.1, 0.15) is 35.3 Å². The first-order valence-electron chi connectivity index (χ1n) is 7.04. The minimum atomic E-state index is -0.445. The summed E-state index contributed by atoms with van der Waals surface area (Å²) in [6.45, 7) is 4.00. The number of hydrogen-bond donors (Lipinski definition) is 1. The van der Waals surface area contributed by atoms with Gasteiger partial charge in [-0.15, -0.1) is 10.2 Å². The molecule has 5 nitrogen and oxygen atoms in total. The highest BCUT2D eigenvalue weighted by atomic mass is 32.1. The molecule has 2 aromatic heterocycles. The van der Waals surface area contributed by atoms with Crippen molar-refractivity contribution in [1.82, 2.24) is 10.2 Å². The van der Waals surface area contributed by atoms with Crippen LogP contribution in [0.15, 0.2) is 40.8 Å². The number of hydrogen-bond acceptors (Lipinski definition) is 5. The van der Waals surface area contributed by atoms with Gasteiger partial charge in [-0.05, 0) is 24.3 Å². The minimum Gasteiger partial charge on any atom is -0.451 e. The number of furan rings is 1. The molecule has 1 amide bonds. The lowest BCUT2D eigenvalue weighted by molar-refractivity contribution is 0.0997. The average molecular weight is 331 g/mol. The molecule has 3 aromatic rings. The quantitative estimate of drug-likeness (QED) is 0.773. The molecule has 0 aliphatic rings. The van der Waals surface area contributed by atoms with Gasteiger partial charge in [-0.25, -0.2) is 4.39 Å². The molecule has 118 valence electrons. The van der Waals surface area contributed by atoms with E-state index in [9.17, 15) is 9.18 Å². The maximum Gasteiger partial charge on any atom is 0.293 e. The monoisotopic (exact) mass is 331 g/mol. The fraction of sp³-hybridized carbons (Fsp3) is 0.188. The first kappa shape index (κ1) is 15.4. The predicted octanol–water partition coefficient (Wildman–Crippen LogP) is 4.31. The van der Waals surface area contributed by atoms with Crippen molar-refractivity contribution in [1.29, 1.82) is 0 Å². The van der Waals surface area contributed by atoms with Crippen molar-refractivity contribution in [2.45, 2.75) is 19.8 Å². The van der Waals surface area contributed by atoms with E-state index >= 15 is 0 Å². The van der Waals surface area contributed by atoms with Gasteiger partial charge in [0.2, 0.25) is 5.13 Å². The molecule has 1 N–H and O–H groups in total. The summed E-state index contributed by atoms with van der Waals surface area (Å²) in [7, 11) is 0. The zero-order chi connectivity index (χ0) is 16.4. The highest BCUT2D eigenvalue weighted by molar-refractivity contribution is 7.15. The Morgan fingerprint density at radius 1 is 1.22 bits per heavy atom. The van der Waals surface area contributed by atoms with Gasteiger partial charge in [0.05, 0.1) is 5.56 Å². The first-order valence-corrected chi connectivity index (χ1v) is 7.85. The summed E-state index contributed by atoms with van der Waals surface area (Å²) in [6.07, 6.45) is 0. The number of aromatic nitrogens is 2. The normalized spacial score (nSPS) is 11.0. The van der Waals surface area contributed by atoms with Crippen molar-refractivity contribution < 1.29 is 13.6 Å². The molecule has 0 spiro atoms. The van der Waals surface area contributed by atoms with Crippen molar-refractivity contribution in [2.24, 2.45) is 0 Å². The molecule has 0 atom stereocenters. The standard InChI is InChI=1S/C16H14FN3O2S/c1-9(2)15-19-20-16(23-15)18-14(21)13-8-7-12(22-13)10-5-3-4-6-11(10)17/h3-9H,1-2H3,(H,18,20,21). The lowest BCUT2D eigenvalue weighted by atomic mass is 10.1. The maximum atomic E-state index is 13.7. The smallest absolute Gasteiger partial charge is 0.293 e. The van der Waals surface area contributed by atoms with E-state index in [-0.39, 0.29) is 11.7 Å². The van der Waals surface area contributed by atoms with Gasteiger partial charge in [0, 0.05) is 5.92 Å². The molecule has 0 unspecified atom stereocenters. The highest BCUT2D eigenvalue weighted by Crippen LogP contribution is 2.26. The first-order chi connectivity index (χ1) is 11.0. The molecular weight excluding hydrogens is 317 g/mol. The molecule has 0 saturated carbocycles. The van der Waals surface area contributed by atoms with E-state index in [0.29, 0.717) is 16.5 Å². The Hall–Kier alpha value is -2.54. The number of nitrogens with one attached hydrogen (secondary N) is 1. The van der Waals surface area contributed by atoms with Gasteiger partial charge in [0.25, 0.3) is 5.91 Å². The SMILES string of the molecule is CC(C)c1nnc(NC(=O)c2ccc(-c3ccccc3F)o2)s1. The van der Waals surface area contributed by atoms with E-state index in [4.69, 9.17) is 4.42 Å². The van der Waals surface area contributed by atoms with Crippen LogP contribution < -0.4 is 5.32 Å². The molecule has 0 aliphatic heterocycles. The summed E-state index contributed by atoms with van der Waals surface area (Å²) in [5.74, 6) is -0.217. The Kier molecular flexibility index (Phi) is 4.20. The summed E-state index contributed by atoms with van der Waals surface area (Å²) in [5.41, 5.74) is 0.310. The van der Waals surface area contributed by atoms with Crippen LogP contribution in [0.5, 0.6) is 0 Å². The van der Waals surface area contributed by atoms with Crippen LogP contribution in [-0.4, -0.2) is 16.1 Å². The summed E-state index contributed by atoms with van der Waals surface area (Å²) in [6, 6.07) is 9.29. The zero-order valence-corrected chi connectivity index (χ0v) is 13.4. The minimum absolute atomic E-state index is 0.0875. The predicted molar refractivity (Wildman–Crippen MR) is 86.1 cm³/mol. The largest absolute Gasteiger partial charge is 0.451 e. The van der Waals surface area contributed by atoms with E-state index in [1.165, 1.54) is 23.5 Å². The summed E-state index contributed by atoms with van der Waals surface area (Å²) in [5, 5.41) is 11.8. The summed E-state index contributed by atoms with van der Waals surface area (Å²) >= 11 is 1.31. The number of halogens is 1. The fourth-order valence-electron chi connectivity index (χ4n) is 1.94. The number of carbonyl (C=O) groups is 1. The topological polar surface area (TPSA) is 68.0 Å². The summed E-state index contributed by atoms with van der Waals surface area (Å²) < 4.78 is 19.2. The molecule has 3 rings (SSSR count). The van der Waals surface area contributed by atoms with E-state index in [1.807, 2.05) is 13.8 Å². The van der Waals surface area contributed by atoms with Crippen LogP contribution in [0.4, 0.5) is 9.52 Å². The second-order valence-electron chi connectivity index (χ2n) is 5.20. The number of nitrogens with zero attached hydrogens (tertiary/aromatic N) is 2. The Bertz CT molecular complexity index is 841. The Morgan fingerprint density at radius 2 is 2.00 bits per heavy atom. The van der Waals surface area contributed by atoms with Gasteiger partial charge in [-0.2, -0.15) is 0 Å². The number of amides is 1. The average Bonchev–Trinajstić information content (AvgIpc) is 3.16. The molecule has 0 aliphatic carbocycles. The second kappa shape index (κ2) is 6.29. The van der Waals surface area contributed by atoms with Crippen molar-refractivity contribution in [3.63, 3.8) is 0 Å². The molecular formula is C16H14FN3O2S. The van der Waals surface area contributed by atoms with Crippen molar-refractivity contribution >= 4 is 22.4 Å². The number of anilines is 1. The van der Waals surface area contributed by atoms with Crippen LogP contribution in [0.25, 0.3) is 11.3 Å². The molecule has 0 bridgehead atoms. The van der Waals surface area contributed by atoms with Crippen molar-refractivity contribution in [3.8, 4) is 11.3 Å². The lowest BCUT2D eigenvalue weighted by Crippen LogP contribution is -2.10. The van der Waals surface area contributed by atoms with Gasteiger partial charge in [-0.3, -0.25) is 10.1 Å². The summed E-state index contributed by atoms with van der Waals surface area (Å²) in [4.78, 5) is 12.2. The third kappa shape index (κ3) is 3.29. The third-order valence-corrected chi connectivity index (χ3v) is 4.26. The van der Waals surface area contributed by atoms with Gasteiger partial charge in [0.15, 0.2) is 5.76 Å². The zero-order valence-electron chi connectivity index (χ0n) is 12.5. The Morgan fingerprint density at radius 3 is 2.70 bits per heavy atom. The van der Waals surface area contributed by atoms with E-state index in [0.717, 1.165) is 5.01 Å². The number of rotatable bonds is 4. The Balaban J connectivity index is 1.77. The fourth-order valence-corrected chi connectivity index (χ4v) is 2.68. The molecule has 0 radical (unpaired) electrons. The number of benzene rings is 1. The van der Waals surface area contributed by atoms with Gasteiger partial charge < -0.3 is 4.42 Å². The van der Waals surface area contributed by atoms with E-state index in [2.05, 4.69) is 15.5 Å². The van der Waals surface area contributed by atoms with Gasteiger partial charge in [-0.1, -0.05) is 37.3 Å². The number of carbonyl (C=O) groups excluding carboxylic acids is 1. The molecule has 1 aromatic carbocycles. The van der Waals surface area contributed by atoms with E-state index in [1.54, 1.807) is 24.3 Å². The van der Waals surface area contributed by atoms with Gasteiger partial charge in [0.1, 0.15) is 16.6 Å². The molecule has 2 heterocycles. The van der Waals surface area contributed by atoms with Crippen molar-refractivity contribution in [3.05, 3.63) is 53.0 Å². The maximum absolute atomic E-state index is 13.7. The van der Waals surface area contributed by atoms with Crippen LogP contribution in [-0.2, 0) is 0 Å².